The first kappa shape index (κ1) is 20.4. The first-order chi connectivity index (χ1) is 11.0. The second kappa shape index (κ2) is 9.61. The lowest BCUT2D eigenvalue weighted by Gasteiger charge is -2.35. The van der Waals surface area contributed by atoms with Crippen molar-refractivity contribution in [2.75, 3.05) is 38.0 Å². The number of rotatable bonds is 6. The molecule has 1 unspecified atom stereocenters. The third-order valence-electron chi connectivity index (χ3n) is 3.86. The minimum atomic E-state index is -0.412. The largest absolute Gasteiger partial charge is 0.360 e. The summed E-state index contributed by atoms with van der Waals surface area (Å²) >= 11 is 0. The lowest BCUT2D eigenvalue weighted by atomic mass is 10.1. The second-order valence-electron chi connectivity index (χ2n) is 5.87. The Morgan fingerprint density at radius 3 is 2.58 bits per heavy atom. The van der Waals surface area contributed by atoms with Crippen LogP contribution in [0.15, 0.2) is 10.6 Å². The fourth-order valence-corrected chi connectivity index (χ4v) is 2.61. The SMILES string of the molecule is CCCC(N)C(=O)N1CCN(CC(=O)Nc2cc(C)on2)CC1.Cl. The molecule has 2 rings (SSSR count). The Hall–Kier alpha value is -1.64. The molecule has 0 aliphatic carbocycles. The number of nitrogens with one attached hydrogen (secondary N) is 1. The van der Waals surface area contributed by atoms with Crippen molar-refractivity contribution in [3.05, 3.63) is 11.8 Å². The van der Waals surface area contributed by atoms with E-state index in [1.807, 2.05) is 11.8 Å². The zero-order chi connectivity index (χ0) is 16.8. The van der Waals surface area contributed by atoms with Gasteiger partial charge in [0.15, 0.2) is 5.82 Å². The third kappa shape index (κ3) is 5.77. The van der Waals surface area contributed by atoms with Crippen molar-refractivity contribution >= 4 is 30.0 Å². The fourth-order valence-electron chi connectivity index (χ4n) is 2.61. The molecule has 1 saturated heterocycles. The number of aromatic nitrogens is 1. The molecule has 2 heterocycles. The minimum Gasteiger partial charge on any atom is -0.360 e. The van der Waals surface area contributed by atoms with Gasteiger partial charge in [0.1, 0.15) is 5.76 Å². The van der Waals surface area contributed by atoms with Crippen LogP contribution in [-0.4, -0.2) is 65.5 Å². The summed E-state index contributed by atoms with van der Waals surface area (Å²) in [7, 11) is 0. The van der Waals surface area contributed by atoms with E-state index < -0.39 is 6.04 Å². The van der Waals surface area contributed by atoms with Crippen LogP contribution in [0.1, 0.15) is 25.5 Å². The molecular weight excluding hydrogens is 334 g/mol. The van der Waals surface area contributed by atoms with Crippen LogP contribution in [0.3, 0.4) is 0 Å². The Morgan fingerprint density at radius 2 is 2.04 bits per heavy atom. The van der Waals surface area contributed by atoms with Crippen LogP contribution in [0.25, 0.3) is 0 Å². The maximum Gasteiger partial charge on any atom is 0.239 e. The van der Waals surface area contributed by atoms with Crippen LogP contribution in [-0.2, 0) is 9.59 Å². The summed E-state index contributed by atoms with van der Waals surface area (Å²) in [6, 6.07) is 1.26. The van der Waals surface area contributed by atoms with E-state index in [0.717, 1.165) is 6.42 Å². The third-order valence-corrected chi connectivity index (χ3v) is 3.86. The second-order valence-corrected chi connectivity index (χ2v) is 5.87. The number of carbonyl (C=O) groups is 2. The van der Waals surface area contributed by atoms with E-state index in [-0.39, 0.29) is 30.8 Å². The molecule has 0 bridgehead atoms. The van der Waals surface area contributed by atoms with Gasteiger partial charge in [-0.3, -0.25) is 14.5 Å². The highest BCUT2D eigenvalue weighted by Crippen LogP contribution is 2.08. The van der Waals surface area contributed by atoms with Gasteiger partial charge in [0.25, 0.3) is 0 Å². The van der Waals surface area contributed by atoms with E-state index in [9.17, 15) is 9.59 Å². The Morgan fingerprint density at radius 1 is 1.38 bits per heavy atom. The van der Waals surface area contributed by atoms with Crippen molar-refractivity contribution in [2.45, 2.75) is 32.7 Å². The number of aryl methyl sites for hydroxylation is 1. The van der Waals surface area contributed by atoms with Gasteiger partial charge in [0.2, 0.25) is 11.8 Å². The van der Waals surface area contributed by atoms with E-state index in [2.05, 4.69) is 10.5 Å². The molecule has 1 fully saturated rings. The van der Waals surface area contributed by atoms with Gasteiger partial charge in [-0.25, -0.2) is 0 Å². The molecule has 1 aliphatic heterocycles. The standard InChI is InChI=1S/C15H25N5O3.ClH/c1-3-4-12(16)15(22)20-7-5-19(6-8-20)10-14(21)17-13-9-11(2)23-18-13;/h9,12H,3-8,10,16H2,1-2H3,(H,17,18,21);1H. The normalized spacial score (nSPS) is 16.4. The van der Waals surface area contributed by atoms with Crippen LogP contribution < -0.4 is 11.1 Å². The molecule has 0 radical (unpaired) electrons. The maximum absolute atomic E-state index is 12.1. The average Bonchev–Trinajstić information content (AvgIpc) is 2.92. The van der Waals surface area contributed by atoms with Gasteiger partial charge in [0.05, 0.1) is 12.6 Å². The lowest BCUT2D eigenvalue weighted by molar-refractivity contribution is -0.134. The van der Waals surface area contributed by atoms with Gasteiger partial charge in [-0.2, -0.15) is 0 Å². The highest BCUT2D eigenvalue weighted by Gasteiger charge is 2.25. The van der Waals surface area contributed by atoms with Gasteiger partial charge < -0.3 is 20.5 Å². The molecule has 1 aromatic rings. The molecule has 9 heteroatoms. The summed E-state index contributed by atoms with van der Waals surface area (Å²) < 4.78 is 4.90. The van der Waals surface area contributed by atoms with Crippen LogP contribution in [0.2, 0.25) is 0 Å². The van der Waals surface area contributed by atoms with Crippen LogP contribution in [0, 0.1) is 6.92 Å². The Kier molecular flexibility index (Phi) is 8.17. The number of nitrogens with zero attached hydrogens (tertiary/aromatic N) is 3. The number of anilines is 1. The van der Waals surface area contributed by atoms with Gasteiger partial charge in [-0.15, -0.1) is 12.4 Å². The van der Waals surface area contributed by atoms with Crippen molar-refractivity contribution in [3.63, 3.8) is 0 Å². The first-order valence-electron chi connectivity index (χ1n) is 7.99. The zero-order valence-electron chi connectivity index (χ0n) is 14.2. The number of hydrogen-bond donors (Lipinski definition) is 2. The molecule has 1 aliphatic rings. The van der Waals surface area contributed by atoms with E-state index in [4.69, 9.17) is 10.3 Å². The van der Waals surface area contributed by atoms with Crippen LogP contribution in [0.4, 0.5) is 5.82 Å². The lowest BCUT2D eigenvalue weighted by Crippen LogP contribution is -2.54. The predicted octanol–water partition coefficient (Wildman–Crippen LogP) is 0.615. The van der Waals surface area contributed by atoms with Crippen molar-refractivity contribution in [1.29, 1.82) is 0 Å². The molecule has 8 nitrogen and oxygen atoms in total. The molecule has 136 valence electrons. The Bertz CT molecular complexity index is 543. The maximum atomic E-state index is 12.1. The van der Waals surface area contributed by atoms with Crippen molar-refractivity contribution in [2.24, 2.45) is 5.73 Å². The quantitative estimate of drug-likeness (QED) is 0.771. The Balaban J connectivity index is 0.00000288. The number of amides is 2. The summed E-state index contributed by atoms with van der Waals surface area (Å²) in [5.41, 5.74) is 5.88. The fraction of sp³-hybridized carbons (Fsp3) is 0.667. The molecule has 24 heavy (non-hydrogen) atoms. The highest BCUT2D eigenvalue weighted by molar-refractivity contribution is 5.91. The number of piperazine rings is 1. The number of carbonyl (C=O) groups excluding carboxylic acids is 2. The first-order valence-corrected chi connectivity index (χ1v) is 7.99. The summed E-state index contributed by atoms with van der Waals surface area (Å²) in [6.45, 7) is 6.59. The van der Waals surface area contributed by atoms with Crippen molar-refractivity contribution < 1.29 is 14.1 Å². The molecule has 2 amide bonds. The topological polar surface area (TPSA) is 105 Å². The molecule has 1 aromatic heterocycles. The van der Waals surface area contributed by atoms with Crippen molar-refractivity contribution in [1.82, 2.24) is 15.0 Å². The van der Waals surface area contributed by atoms with Crippen LogP contribution >= 0.6 is 12.4 Å². The van der Waals surface area contributed by atoms with Gasteiger partial charge in [-0.1, -0.05) is 18.5 Å². The van der Waals surface area contributed by atoms with Gasteiger partial charge >= 0.3 is 0 Å². The highest BCUT2D eigenvalue weighted by atomic mass is 35.5. The Labute approximate surface area is 148 Å². The molecular formula is C15H26ClN5O3. The van der Waals surface area contributed by atoms with E-state index >= 15 is 0 Å². The average molecular weight is 360 g/mol. The van der Waals surface area contributed by atoms with E-state index in [1.165, 1.54) is 0 Å². The summed E-state index contributed by atoms with van der Waals surface area (Å²) in [4.78, 5) is 27.9. The molecule has 0 spiro atoms. The summed E-state index contributed by atoms with van der Waals surface area (Å²) in [5.74, 6) is 0.942. The molecule has 0 aromatic carbocycles. The monoisotopic (exact) mass is 359 g/mol. The number of hydrogen-bond acceptors (Lipinski definition) is 6. The van der Waals surface area contributed by atoms with Gasteiger partial charge in [0, 0.05) is 32.2 Å². The summed E-state index contributed by atoms with van der Waals surface area (Å²) in [6.07, 6.45) is 1.60. The van der Waals surface area contributed by atoms with Gasteiger partial charge in [-0.05, 0) is 13.3 Å². The predicted molar refractivity (Wildman–Crippen MR) is 93.0 cm³/mol. The smallest absolute Gasteiger partial charge is 0.239 e. The zero-order valence-corrected chi connectivity index (χ0v) is 15.0. The molecule has 3 N–H and O–H groups in total. The van der Waals surface area contributed by atoms with E-state index in [1.54, 1.807) is 17.9 Å². The molecule has 0 saturated carbocycles. The molecule has 1 atom stereocenters. The number of halogens is 1. The van der Waals surface area contributed by atoms with Crippen LogP contribution in [0.5, 0.6) is 0 Å². The number of nitrogens with two attached hydrogens (primary N) is 1. The minimum absolute atomic E-state index is 0. The van der Waals surface area contributed by atoms with Crippen molar-refractivity contribution in [3.8, 4) is 0 Å². The summed E-state index contributed by atoms with van der Waals surface area (Å²) in [5, 5.41) is 6.42. The van der Waals surface area contributed by atoms with E-state index in [0.29, 0.717) is 44.2 Å².